The number of ether oxygens (including phenoxy) is 2. The van der Waals surface area contributed by atoms with Crippen molar-refractivity contribution in [2.45, 2.75) is 19.9 Å². The van der Waals surface area contributed by atoms with Gasteiger partial charge in [-0.1, -0.05) is 13.0 Å². The number of anilines is 1. The fourth-order valence-corrected chi connectivity index (χ4v) is 2.51. The van der Waals surface area contributed by atoms with Gasteiger partial charge in [0.15, 0.2) is 16.6 Å². The fourth-order valence-electron chi connectivity index (χ4n) is 1.72. The van der Waals surface area contributed by atoms with Crippen molar-refractivity contribution in [1.29, 1.82) is 0 Å². The van der Waals surface area contributed by atoms with Crippen LogP contribution in [0.2, 0.25) is 0 Å². The monoisotopic (exact) mass is 278 g/mol. The molecule has 1 N–H and O–H groups in total. The molecule has 0 aliphatic heterocycles. The minimum atomic E-state index is 0.719. The van der Waals surface area contributed by atoms with E-state index < -0.39 is 0 Å². The molecule has 0 spiro atoms. The summed E-state index contributed by atoms with van der Waals surface area (Å²) in [5.41, 5.74) is 2.26. The Bertz CT molecular complexity index is 540. The normalized spacial score (nSPS) is 10.3. The lowest BCUT2D eigenvalue weighted by molar-refractivity contribution is 0.354. The van der Waals surface area contributed by atoms with Crippen molar-refractivity contribution in [3.05, 3.63) is 34.8 Å². The van der Waals surface area contributed by atoms with E-state index in [4.69, 9.17) is 9.47 Å². The van der Waals surface area contributed by atoms with Crippen molar-refractivity contribution < 1.29 is 9.47 Å². The van der Waals surface area contributed by atoms with Crippen molar-refractivity contribution in [2.75, 3.05) is 19.5 Å². The maximum Gasteiger partial charge on any atom is 0.183 e. The summed E-state index contributed by atoms with van der Waals surface area (Å²) in [6.07, 6.45) is 0.967. The van der Waals surface area contributed by atoms with Crippen molar-refractivity contribution in [2.24, 2.45) is 0 Å². The van der Waals surface area contributed by atoms with Crippen LogP contribution in [0.15, 0.2) is 23.6 Å². The molecule has 1 heterocycles. The number of nitrogens with zero attached hydrogens (tertiary/aromatic N) is 1. The number of nitrogens with one attached hydrogen (secondary N) is 1. The number of aromatic nitrogens is 1. The van der Waals surface area contributed by atoms with Gasteiger partial charge in [0.2, 0.25) is 0 Å². The smallest absolute Gasteiger partial charge is 0.183 e. The molecule has 0 aliphatic rings. The Labute approximate surface area is 117 Å². The minimum absolute atomic E-state index is 0.719. The standard InChI is InChI=1S/C14H18N2O2S/c1-4-11-9-19-14(16-11)15-8-10-5-6-12(17-2)13(7-10)18-3/h5-7,9H,4,8H2,1-3H3,(H,15,16). The van der Waals surface area contributed by atoms with Crippen molar-refractivity contribution in [3.63, 3.8) is 0 Å². The van der Waals surface area contributed by atoms with E-state index in [1.54, 1.807) is 25.6 Å². The lowest BCUT2D eigenvalue weighted by Gasteiger charge is -2.09. The Morgan fingerprint density at radius 1 is 1.21 bits per heavy atom. The lowest BCUT2D eigenvalue weighted by atomic mass is 10.2. The highest BCUT2D eigenvalue weighted by Crippen LogP contribution is 2.28. The number of hydrogen-bond donors (Lipinski definition) is 1. The van der Waals surface area contributed by atoms with E-state index in [0.29, 0.717) is 0 Å². The molecule has 0 bridgehead atoms. The number of rotatable bonds is 6. The number of benzene rings is 1. The highest BCUT2D eigenvalue weighted by atomic mass is 32.1. The third-order valence-corrected chi connectivity index (χ3v) is 3.65. The Hall–Kier alpha value is -1.75. The van der Waals surface area contributed by atoms with Crippen LogP contribution in [0, 0.1) is 0 Å². The number of methoxy groups -OCH3 is 2. The van der Waals surface area contributed by atoms with Crippen LogP contribution in [0.4, 0.5) is 5.13 Å². The van der Waals surface area contributed by atoms with Crippen molar-refractivity contribution in [3.8, 4) is 11.5 Å². The van der Waals surface area contributed by atoms with Crippen LogP contribution in [0.1, 0.15) is 18.2 Å². The summed E-state index contributed by atoms with van der Waals surface area (Å²) in [5, 5.41) is 6.35. The summed E-state index contributed by atoms with van der Waals surface area (Å²) in [6, 6.07) is 5.90. The summed E-state index contributed by atoms with van der Waals surface area (Å²) >= 11 is 1.63. The van der Waals surface area contributed by atoms with Gasteiger partial charge in [0.25, 0.3) is 0 Å². The van der Waals surface area contributed by atoms with Gasteiger partial charge in [0.05, 0.1) is 19.9 Å². The average molecular weight is 278 g/mol. The first-order valence-corrected chi connectivity index (χ1v) is 7.04. The molecule has 102 valence electrons. The predicted molar refractivity (Wildman–Crippen MR) is 78.4 cm³/mol. The molecule has 1 aromatic carbocycles. The van der Waals surface area contributed by atoms with Crippen LogP contribution in [-0.4, -0.2) is 19.2 Å². The molecule has 5 heteroatoms. The molecular weight excluding hydrogens is 260 g/mol. The fraction of sp³-hybridized carbons (Fsp3) is 0.357. The quantitative estimate of drug-likeness (QED) is 0.880. The largest absolute Gasteiger partial charge is 0.493 e. The molecule has 0 amide bonds. The summed E-state index contributed by atoms with van der Waals surface area (Å²) in [6.45, 7) is 2.82. The van der Waals surface area contributed by atoms with Gasteiger partial charge in [-0.25, -0.2) is 4.98 Å². The predicted octanol–water partition coefficient (Wildman–Crippen LogP) is 3.33. The molecule has 4 nitrogen and oxygen atoms in total. The van der Waals surface area contributed by atoms with Crippen molar-refractivity contribution >= 4 is 16.5 Å². The van der Waals surface area contributed by atoms with Gasteiger partial charge in [-0.2, -0.15) is 0 Å². The molecule has 0 saturated carbocycles. The van der Waals surface area contributed by atoms with Gasteiger partial charge >= 0.3 is 0 Å². The van der Waals surface area contributed by atoms with E-state index in [9.17, 15) is 0 Å². The van der Waals surface area contributed by atoms with Crippen LogP contribution >= 0.6 is 11.3 Å². The highest BCUT2D eigenvalue weighted by molar-refractivity contribution is 7.13. The Morgan fingerprint density at radius 3 is 2.63 bits per heavy atom. The maximum absolute atomic E-state index is 5.28. The zero-order chi connectivity index (χ0) is 13.7. The number of hydrogen-bond acceptors (Lipinski definition) is 5. The van der Waals surface area contributed by atoms with Crippen LogP contribution < -0.4 is 14.8 Å². The average Bonchev–Trinajstić information content (AvgIpc) is 2.92. The van der Waals surface area contributed by atoms with Gasteiger partial charge < -0.3 is 14.8 Å². The molecular formula is C14H18N2O2S. The van der Waals surface area contributed by atoms with Crippen molar-refractivity contribution in [1.82, 2.24) is 4.98 Å². The molecule has 19 heavy (non-hydrogen) atoms. The second-order valence-electron chi connectivity index (χ2n) is 4.04. The van der Waals surface area contributed by atoms with Crippen LogP contribution in [0.25, 0.3) is 0 Å². The number of aryl methyl sites for hydroxylation is 1. The van der Waals surface area contributed by atoms with E-state index in [0.717, 1.165) is 40.9 Å². The summed E-state index contributed by atoms with van der Waals surface area (Å²) in [5.74, 6) is 1.49. The molecule has 0 fully saturated rings. The second kappa shape index (κ2) is 6.43. The van der Waals surface area contributed by atoms with E-state index in [1.165, 1.54) is 0 Å². The van der Waals surface area contributed by atoms with Gasteiger partial charge in [-0.15, -0.1) is 11.3 Å². The van der Waals surface area contributed by atoms with Gasteiger partial charge in [0, 0.05) is 11.9 Å². The van der Waals surface area contributed by atoms with E-state index >= 15 is 0 Å². The Balaban J connectivity index is 2.03. The summed E-state index contributed by atoms with van der Waals surface area (Å²) in [7, 11) is 3.28. The van der Waals surface area contributed by atoms with Gasteiger partial charge in [-0.05, 0) is 24.1 Å². The summed E-state index contributed by atoms with van der Waals surface area (Å²) in [4.78, 5) is 4.47. The third-order valence-electron chi connectivity index (χ3n) is 2.81. The van der Waals surface area contributed by atoms with E-state index in [1.807, 2.05) is 18.2 Å². The molecule has 2 aromatic rings. The van der Waals surface area contributed by atoms with E-state index in [-0.39, 0.29) is 0 Å². The van der Waals surface area contributed by atoms with Crippen LogP contribution in [0.3, 0.4) is 0 Å². The minimum Gasteiger partial charge on any atom is -0.493 e. The van der Waals surface area contributed by atoms with Gasteiger partial charge in [-0.3, -0.25) is 0 Å². The second-order valence-corrected chi connectivity index (χ2v) is 4.90. The van der Waals surface area contributed by atoms with Crippen LogP contribution in [0.5, 0.6) is 11.5 Å². The SMILES string of the molecule is CCc1csc(NCc2ccc(OC)c(OC)c2)n1. The molecule has 0 aliphatic carbocycles. The number of thiazole rings is 1. The molecule has 0 saturated heterocycles. The lowest BCUT2D eigenvalue weighted by Crippen LogP contribution is -2.00. The molecule has 0 atom stereocenters. The topological polar surface area (TPSA) is 43.4 Å². The Kier molecular flexibility index (Phi) is 4.63. The zero-order valence-electron chi connectivity index (χ0n) is 11.4. The third kappa shape index (κ3) is 3.38. The molecule has 0 radical (unpaired) electrons. The Morgan fingerprint density at radius 2 is 2.00 bits per heavy atom. The first kappa shape index (κ1) is 13.7. The first-order valence-electron chi connectivity index (χ1n) is 6.16. The van der Waals surface area contributed by atoms with Gasteiger partial charge in [0.1, 0.15) is 0 Å². The highest BCUT2D eigenvalue weighted by Gasteiger charge is 2.05. The van der Waals surface area contributed by atoms with E-state index in [2.05, 4.69) is 22.6 Å². The molecule has 0 unspecified atom stereocenters. The first-order chi connectivity index (χ1) is 9.26. The zero-order valence-corrected chi connectivity index (χ0v) is 12.2. The molecule has 1 aromatic heterocycles. The van der Waals surface area contributed by atoms with Crippen LogP contribution in [-0.2, 0) is 13.0 Å². The summed E-state index contributed by atoms with van der Waals surface area (Å²) < 4.78 is 10.5. The molecule has 2 rings (SSSR count). The maximum atomic E-state index is 5.28.